The van der Waals surface area contributed by atoms with Gasteiger partial charge in [-0.2, -0.15) is 0 Å². The Morgan fingerprint density at radius 3 is 2.77 bits per heavy atom. The fourth-order valence-corrected chi connectivity index (χ4v) is 2.10. The first-order valence-electron chi connectivity index (χ1n) is 3.93. The molecule has 0 aliphatic carbocycles. The maximum absolute atomic E-state index is 5.22. The third-order valence-corrected chi connectivity index (χ3v) is 2.93. The molecule has 1 saturated heterocycles. The fourth-order valence-electron chi connectivity index (χ4n) is 1.06. The number of nitrogens with zero attached hydrogens (tertiary/aromatic N) is 3. The number of hydrogen-bond acceptors (Lipinski definition) is 6. The first-order chi connectivity index (χ1) is 6.34. The summed E-state index contributed by atoms with van der Waals surface area (Å²) in [4.78, 5) is 0. The van der Waals surface area contributed by atoms with Crippen LogP contribution in [-0.2, 0) is 4.74 Å². The first-order valence-corrected chi connectivity index (χ1v) is 5.54. The van der Waals surface area contributed by atoms with Crippen molar-refractivity contribution in [2.45, 2.75) is 0 Å². The van der Waals surface area contributed by atoms with Crippen LogP contribution < -0.4 is 5.43 Å². The molecule has 1 N–H and O–H groups in total. The lowest BCUT2D eigenvalue weighted by Crippen LogP contribution is -2.40. The van der Waals surface area contributed by atoms with E-state index in [-0.39, 0.29) is 0 Å². The summed E-state index contributed by atoms with van der Waals surface area (Å²) in [6, 6.07) is 0. The van der Waals surface area contributed by atoms with Crippen molar-refractivity contribution in [1.29, 1.82) is 0 Å². The Bertz CT molecular complexity index is 275. The van der Waals surface area contributed by atoms with Crippen LogP contribution >= 0.6 is 27.3 Å². The second-order valence-corrected chi connectivity index (χ2v) is 4.82. The number of hydrogen-bond donors (Lipinski definition) is 1. The summed E-state index contributed by atoms with van der Waals surface area (Å²) >= 11 is 4.74. The van der Waals surface area contributed by atoms with Crippen molar-refractivity contribution in [3.8, 4) is 0 Å². The lowest BCUT2D eigenvalue weighted by atomic mass is 10.5. The van der Waals surface area contributed by atoms with Gasteiger partial charge in [-0.1, -0.05) is 11.3 Å². The van der Waals surface area contributed by atoms with Crippen LogP contribution in [0.15, 0.2) is 3.92 Å². The summed E-state index contributed by atoms with van der Waals surface area (Å²) in [6.07, 6.45) is 0. The van der Waals surface area contributed by atoms with Gasteiger partial charge in [0.2, 0.25) is 5.13 Å². The largest absolute Gasteiger partial charge is 0.379 e. The molecule has 0 atom stereocenters. The second-order valence-electron chi connectivity index (χ2n) is 2.57. The molecule has 0 spiro atoms. The highest BCUT2D eigenvalue weighted by Gasteiger charge is 2.11. The van der Waals surface area contributed by atoms with Crippen molar-refractivity contribution in [2.24, 2.45) is 0 Å². The molecule has 1 aliphatic rings. The minimum Gasteiger partial charge on any atom is -0.379 e. The van der Waals surface area contributed by atoms with Gasteiger partial charge in [0.05, 0.1) is 13.2 Å². The minimum absolute atomic E-state index is 0.771. The summed E-state index contributed by atoms with van der Waals surface area (Å²) in [5.41, 5.74) is 3.17. The maximum Gasteiger partial charge on any atom is 0.220 e. The van der Waals surface area contributed by atoms with Crippen LogP contribution in [0, 0.1) is 0 Å². The van der Waals surface area contributed by atoms with Crippen LogP contribution in [0.4, 0.5) is 5.13 Å². The number of hydrazine groups is 1. The van der Waals surface area contributed by atoms with Gasteiger partial charge in [0.1, 0.15) is 0 Å². The maximum atomic E-state index is 5.22. The zero-order chi connectivity index (χ0) is 9.10. The summed E-state index contributed by atoms with van der Waals surface area (Å²) in [6.45, 7) is 3.31. The Morgan fingerprint density at radius 2 is 2.15 bits per heavy atom. The van der Waals surface area contributed by atoms with E-state index in [0.29, 0.717) is 0 Å². The first kappa shape index (κ1) is 9.32. The highest BCUT2D eigenvalue weighted by molar-refractivity contribution is 9.11. The SMILES string of the molecule is Brc1nnc(NN2CCOCC2)s1. The fraction of sp³-hybridized carbons (Fsp3) is 0.667. The van der Waals surface area contributed by atoms with Gasteiger partial charge in [-0.05, 0) is 15.9 Å². The quantitative estimate of drug-likeness (QED) is 0.863. The van der Waals surface area contributed by atoms with Gasteiger partial charge in [0, 0.05) is 13.1 Å². The molecule has 0 radical (unpaired) electrons. The molecule has 0 saturated carbocycles. The van der Waals surface area contributed by atoms with Crippen LogP contribution in [-0.4, -0.2) is 41.5 Å². The van der Waals surface area contributed by atoms with Crippen LogP contribution in [0.3, 0.4) is 0 Å². The van der Waals surface area contributed by atoms with Crippen molar-refractivity contribution in [3.05, 3.63) is 3.92 Å². The van der Waals surface area contributed by atoms with Gasteiger partial charge < -0.3 is 4.74 Å². The van der Waals surface area contributed by atoms with Crippen LogP contribution in [0.25, 0.3) is 0 Å². The summed E-state index contributed by atoms with van der Waals surface area (Å²) in [5.74, 6) is 0. The van der Waals surface area contributed by atoms with E-state index in [2.05, 4.69) is 36.6 Å². The van der Waals surface area contributed by atoms with Gasteiger partial charge in [0.15, 0.2) is 3.92 Å². The number of ether oxygens (including phenoxy) is 1. The number of morpholine rings is 1. The second kappa shape index (κ2) is 4.32. The van der Waals surface area contributed by atoms with Crippen LogP contribution in [0.5, 0.6) is 0 Å². The molecule has 2 heterocycles. The molecular weight excluding hydrogens is 256 g/mol. The third kappa shape index (κ3) is 2.60. The molecule has 2 rings (SSSR count). The summed E-state index contributed by atoms with van der Waals surface area (Å²) in [7, 11) is 0. The monoisotopic (exact) mass is 264 g/mol. The van der Waals surface area contributed by atoms with E-state index in [9.17, 15) is 0 Å². The number of aromatic nitrogens is 2. The molecular formula is C6H9BrN4OS. The Labute approximate surface area is 88.2 Å². The van der Waals surface area contributed by atoms with E-state index in [1.807, 2.05) is 0 Å². The van der Waals surface area contributed by atoms with Gasteiger partial charge in [-0.15, -0.1) is 10.2 Å². The lowest BCUT2D eigenvalue weighted by molar-refractivity contribution is 0.0496. The number of nitrogens with one attached hydrogen (secondary N) is 1. The molecule has 1 aliphatic heterocycles. The van der Waals surface area contributed by atoms with Gasteiger partial charge in [0.25, 0.3) is 0 Å². The predicted molar refractivity (Wildman–Crippen MR) is 53.6 cm³/mol. The number of halogens is 1. The summed E-state index contributed by atoms with van der Waals surface area (Å²) < 4.78 is 6.01. The standard InChI is InChI=1S/C6H9BrN4OS/c7-5-8-9-6(13-5)10-11-1-3-12-4-2-11/h1-4H2,(H,9,10). The Kier molecular flexibility index (Phi) is 3.09. The van der Waals surface area contributed by atoms with Gasteiger partial charge >= 0.3 is 0 Å². The molecule has 1 fully saturated rings. The molecule has 0 aromatic carbocycles. The van der Waals surface area contributed by atoms with Crippen molar-refractivity contribution < 1.29 is 4.74 Å². The Balaban J connectivity index is 1.89. The summed E-state index contributed by atoms with van der Waals surface area (Å²) in [5, 5.41) is 10.7. The molecule has 1 aromatic rings. The Morgan fingerprint density at radius 1 is 1.38 bits per heavy atom. The van der Waals surface area contributed by atoms with Crippen molar-refractivity contribution >= 4 is 32.4 Å². The van der Waals surface area contributed by atoms with E-state index >= 15 is 0 Å². The van der Waals surface area contributed by atoms with Gasteiger partial charge in [-0.3, -0.25) is 5.43 Å². The van der Waals surface area contributed by atoms with Crippen molar-refractivity contribution in [3.63, 3.8) is 0 Å². The average Bonchev–Trinajstić information content (AvgIpc) is 2.53. The Hall–Kier alpha value is -0.240. The average molecular weight is 265 g/mol. The zero-order valence-electron chi connectivity index (χ0n) is 6.86. The minimum atomic E-state index is 0.771. The smallest absolute Gasteiger partial charge is 0.220 e. The van der Waals surface area contributed by atoms with E-state index < -0.39 is 0 Å². The van der Waals surface area contributed by atoms with Gasteiger partial charge in [-0.25, -0.2) is 5.01 Å². The van der Waals surface area contributed by atoms with E-state index in [4.69, 9.17) is 4.74 Å². The molecule has 0 amide bonds. The zero-order valence-corrected chi connectivity index (χ0v) is 9.27. The lowest BCUT2D eigenvalue weighted by Gasteiger charge is -2.26. The third-order valence-electron chi connectivity index (χ3n) is 1.67. The molecule has 13 heavy (non-hydrogen) atoms. The number of anilines is 1. The molecule has 7 heteroatoms. The highest BCUT2D eigenvalue weighted by atomic mass is 79.9. The molecule has 0 unspecified atom stereocenters. The van der Waals surface area contributed by atoms with E-state index in [1.54, 1.807) is 0 Å². The highest BCUT2D eigenvalue weighted by Crippen LogP contribution is 2.20. The topological polar surface area (TPSA) is 50.3 Å². The predicted octanol–water partition coefficient (Wildman–Crippen LogP) is 0.960. The molecule has 0 bridgehead atoms. The normalized spacial score (nSPS) is 18.8. The number of rotatable bonds is 2. The molecule has 72 valence electrons. The van der Waals surface area contributed by atoms with Crippen molar-refractivity contribution in [1.82, 2.24) is 15.2 Å². The molecule has 1 aromatic heterocycles. The van der Waals surface area contributed by atoms with E-state index in [1.165, 1.54) is 11.3 Å². The van der Waals surface area contributed by atoms with Crippen LogP contribution in [0.2, 0.25) is 0 Å². The van der Waals surface area contributed by atoms with Crippen LogP contribution in [0.1, 0.15) is 0 Å². The van der Waals surface area contributed by atoms with Crippen molar-refractivity contribution in [2.75, 3.05) is 31.7 Å². The van der Waals surface area contributed by atoms with E-state index in [0.717, 1.165) is 35.4 Å². The molecule has 5 nitrogen and oxygen atoms in total.